The Bertz CT molecular complexity index is 287. The summed E-state index contributed by atoms with van der Waals surface area (Å²) in [5.41, 5.74) is 4.64. The maximum absolute atomic E-state index is 12.1. The van der Waals surface area contributed by atoms with Crippen LogP contribution in [0.2, 0.25) is 0 Å². The van der Waals surface area contributed by atoms with E-state index in [1.54, 1.807) is 0 Å². The molecule has 106 valence electrons. The molecule has 0 aliphatic heterocycles. The molecule has 0 aromatic heterocycles. The van der Waals surface area contributed by atoms with E-state index in [2.05, 4.69) is 5.32 Å². The summed E-state index contributed by atoms with van der Waals surface area (Å²) in [5, 5.41) is 3.17. The summed E-state index contributed by atoms with van der Waals surface area (Å²) in [4.78, 5) is 11.7. The standard InChI is InChI=1S/C12H22F2N2O2/c1-8(2)16-12(11(15)17)5-3-4-9(6-12)18-7-10(13)14/h8-10,16H,3-7H2,1-2H3,(H2,15,17). The molecule has 0 aromatic carbocycles. The largest absolute Gasteiger partial charge is 0.372 e. The summed E-state index contributed by atoms with van der Waals surface area (Å²) in [5.74, 6) is -0.429. The molecule has 0 bridgehead atoms. The van der Waals surface area contributed by atoms with Crippen LogP contribution in [0.15, 0.2) is 0 Å². The fourth-order valence-corrected chi connectivity index (χ4v) is 2.55. The minimum atomic E-state index is -2.48. The van der Waals surface area contributed by atoms with Gasteiger partial charge in [0.05, 0.1) is 6.10 Å². The molecule has 2 atom stereocenters. The molecule has 18 heavy (non-hydrogen) atoms. The Morgan fingerprint density at radius 3 is 2.72 bits per heavy atom. The van der Waals surface area contributed by atoms with E-state index in [4.69, 9.17) is 10.5 Å². The van der Waals surface area contributed by atoms with Gasteiger partial charge in [-0.3, -0.25) is 4.79 Å². The summed E-state index contributed by atoms with van der Waals surface area (Å²) < 4.78 is 29.4. The van der Waals surface area contributed by atoms with E-state index in [9.17, 15) is 13.6 Å². The Hall–Kier alpha value is -0.750. The molecule has 1 amide bonds. The molecule has 1 aliphatic carbocycles. The molecule has 0 radical (unpaired) electrons. The number of ether oxygens (including phenoxy) is 1. The fraction of sp³-hybridized carbons (Fsp3) is 0.917. The number of alkyl halides is 2. The van der Waals surface area contributed by atoms with Gasteiger partial charge in [0.1, 0.15) is 12.1 Å². The highest BCUT2D eigenvalue weighted by atomic mass is 19.3. The predicted octanol–water partition coefficient (Wildman–Crippen LogP) is 1.43. The van der Waals surface area contributed by atoms with E-state index < -0.39 is 24.5 Å². The van der Waals surface area contributed by atoms with Crippen molar-refractivity contribution < 1.29 is 18.3 Å². The van der Waals surface area contributed by atoms with Crippen LogP contribution in [0.5, 0.6) is 0 Å². The van der Waals surface area contributed by atoms with Crippen LogP contribution in [0, 0.1) is 0 Å². The Morgan fingerprint density at radius 1 is 1.56 bits per heavy atom. The second-order valence-corrected chi connectivity index (χ2v) is 5.19. The summed E-state index contributed by atoms with van der Waals surface area (Å²) in [6.45, 7) is 3.27. The van der Waals surface area contributed by atoms with Gasteiger partial charge in [-0.2, -0.15) is 0 Å². The number of amides is 1. The molecule has 0 heterocycles. The average Bonchev–Trinajstić information content (AvgIpc) is 2.25. The number of nitrogens with two attached hydrogens (primary N) is 1. The van der Waals surface area contributed by atoms with E-state index in [1.165, 1.54) is 0 Å². The number of hydrogen-bond donors (Lipinski definition) is 2. The van der Waals surface area contributed by atoms with Crippen LogP contribution >= 0.6 is 0 Å². The number of primary amides is 1. The number of halogens is 2. The molecule has 2 unspecified atom stereocenters. The van der Waals surface area contributed by atoms with Gasteiger partial charge in [-0.25, -0.2) is 8.78 Å². The molecule has 6 heteroatoms. The van der Waals surface area contributed by atoms with Crippen molar-refractivity contribution in [2.75, 3.05) is 6.61 Å². The van der Waals surface area contributed by atoms with Crippen LogP contribution in [0.4, 0.5) is 8.78 Å². The van der Waals surface area contributed by atoms with Gasteiger partial charge in [0.15, 0.2) is 0 Å². The highest BCUT2D eigenvalue weighted by Crippen LogP contribution is 2.30. The van der Waals surface area contributed by atoms with Gasteiger partial charge >= 0.3 is 0 Å². The van der Waals surface area contributed by atoms with E-state index in [1.807, 2.05) is 13.8 Å². The first-order valence-corrected chi connectivity index (χ1v) is 6.33. The van der Waals surface area contributed by atoms with Gasteiger partial charge < -0.3 is 15.8 Å². The molecule has 1 fully saturated rings. The number of carbonyl (C=O) groups excluding carboxylic acids is 1. The third kappa shape index (κ3) is 4.17. The van der Waals surface area contributed by atoms with Gasteiger partial charge in [-0.1, -0.05) is 0 Å². The minimum Gasteiger partial charge on any atom is -0.372 e. The van der Waals surface area contributed by atoms with Gasteiger partial charge in [-0.15, -0.1) is 0 Å². The number of rotatable bonds is 6. The Morgan fingerprint density at radius 2 is 2.22 bits per heavy atom. The summed E-state index contributed by atoms with van der Waals surface area (Å²) >= 11 is 0. The molecule has 1 rings (SSSR count). The summed E-state index contributed by atoms with van der Waals surface area (Å²) in [6.07, 6.45) is -0.361. The zero-order chi connectivity index (χ0) is 13.8. The van der Waals surface area contributed by atoms with Gasteiger partial charge in [0, 0.05) is 12.5 Å². The highest BCUT2D eigenvalue weighted by Gasteiger charge is 2.42. The topological polar surface area (TPSA) is 64.3 Å². The lowest BCUT2D eigenvalue weighted by Crippen LogP contribution is -2.60. The lowest BCUT2D eigenvalue weighted by molar-refractivity contribution is -0.129. The number of carbonyl (C=O) groups is 1. The molecule has 1 aliphatic rings. The number of hydrogen-bond acceptors (Lipinski definition) is 3. The quantitative estimate of drug-likeness (QED) is 0.763. The third-order valence-corrected chi connectivity index (χ3v) is 3.20. The van der Waals surface area contributed by atoms with Crippen molar-refractivity contribution in [3.05, 3.63) is 0 Å². The normalized spacial score (nSPS) is 28.9. The Balaban J connectivity index is 2.64. The Labute approximate surface area is 106 Å². The van der Waals surface area contributed by atoms with Crippen LogP contribution in [0.1, 0.15) is 39.5 Å². The lowest BCUT2D eigenvalue weighted by atomic mass is 9.79. The first-order chi connectivity index (χ1) is 8.35. The van der Waals surface area contributed by atoms with Crippen LogP contribution in [0.3, 0.4) is 0 Å². The molecule has 0 spiro atoms. The van der Waals surface area contributed by atoms with E-state index >= 15 is 0 Å². The van der Waals surface area contributed by atoms with Crippen LogP contribution < -0.4 is 11.1 Å². The van der Waals surface area contributed by atoms with Crippen molar-refractivity contribution in [1.82, 2.24) is 5.32 Å². The van der Waals surface area contributed by atoms with Gasteiger partial charge in [0.2, 0.25) is 5.91 Å². The fourth-order valence-electron chi connectivity index (χ4n) is 2.55. The van der Waals surface area contributed by atoms with Crippen molar-refractivity contribution in [1.29, 1.82) is 0 Å². The van der Waals surface area contributed by atoms with E-state index in [0.29, 0.717) is 19.3 Å². The first-order valence-electron chi connectivity index (χ1n) is 6.33. The van der Waals surface area contributed by atoms with Crippen molar-refractivity contribution >= 4 is 5.91 Å². The predicted molar refractivity (Wildman–Crippen MR) is 64.4 cm³/mol. The third-order valence-electron chi connectivity index (χ3n) is 3.20. The highest BCUT2D eigenvalue weighted by molar-refractivity contribution is 5.84. The van der Waals surface area contributed by atoms with Crippen molar-refractivity contribution in [2.45, 2.75) is 63.6 Å². The van der Waals surface area contributed by atoms with Crippen LogP contribution in [-0.2, 0) is 9.53 Å². The average molecular weight is 264 g/mol. The SMILES string of the molecule is CC(C)NC1(C(N)=O)CCCC(OCC(F)F)C1. The van der Waals surface area contributed by atoms with E-state index in [0.717, 1.165) is 6.42 Å². The second kappa shape index (κ2) is 6.43. The van der Waals surface area contributed by atoms with Crippen molar-refractivity contribution in [2.24, 2.45) is 5.73 Å². The van der Waals surface area contributed by atoms with Crippen LogP contribution in [0.25, 0.3) is 0 Å². The lowest BCUT2D eigenvalue weighted by Gasteiger charge is -2.40. The maximum Gasteiger partial charge on any atom is 0.261 e. The molecule has 0 saturated heterocycles. The zero-order valence-corrected chi connectivity index (χ0v) is 10.9. The first kappa shape index (κ1) is 15.3. The molecule has 1 saturated carbocycles. The molecular weight excluding hydrogens is 242 g/mol. The monoisotopic (exact) mass is 264 g/mol. The second-order valence-electron chi connectivity index (χ2n) is 5.19. The minimum absolute atomic E-state index is 0.103. The number of nitrogens with one attached hydrogen (secondary N) is 1. The van der Waals surface area contributed by atoms with Crippen molar-refractivity contribution in [3.8, 4) is 0 Å². The van der Waals surface area contributed by atoms with Crippen molar-refractivity contribution in [3.63, 3.8) is 0 Å². The summed E-state index contributed by atoms with van der Waals surface area (Å²) in [7, 11) is 0. The molecule has 4 nitrogen and oxygen atoms in total. The van der Waals surface area contributed by atoms with Gasteiger partial charge in [0.25, 0.3) is 6.43 Å². The zero-order valence-electron chi connectivity index (χ0n) is 10.9. The van der Waals surface area contributed by atoms with Gasteiger partial charge in [-0.05, 0) is 33.1 Å². The molecular formula is C12H22F2N2O2. The maximum atomic E-state index is 12.1. The molecule has 0 aromatic rings. The Kier molecular flexibility index (Phi) is 5.47. The smallest absolute Gasteiger partial charge is 0.261 e. The van der Waals surface area contributed by atoms with E-state index in [-0.39, 0.29) is 12.1 Å². The summed E-state index contributed by atoms with van der Waals surface area (Å²) in [6, 6.07) is 0.103. The molecule has 3 N–H and O–H groups in total. The van der Waals surface area contributed by atoms with Crippen LogP contribution in [-0.4, -0.2) is 36.6 Å².